The van der Waals surface area contributed by atoms with E-state index in [0.29, 0.717) is 0 Å². The van der Waals surface area contributed by atoms with Crippen LogP contribution in [0.25, 0.3) is 0 Å². The van der Waals surface area contributed by atoms with Crippen molar-refractivity contribution in [3.05, 3.63) is 12.5 Å². The molecule has 0 spiro atoms. The summed E-state index contributed by atoms with van der Waals surface area (Å²) in [7, 11) is -1.86. The van der Waals surface area contributed by atoms with Crippen molar-refractivity contribution >= 4 is 10.0 Å². The fourth-order valence-corrected chi connectivity index (χ4v) is 0.970. The highest BCUT2D eigenvalue weighted by molar-refractivity contribution is 7.88. The minimum atomic E-state index is -3.24. The molecule has 0 N–H and O–H groups in total. The highest BCUT2D eigenvalue weighted by atomic mass is 32.2. The standard InChI is InChI=1S/C5H9NO4S/c1-6(11(2,7)8)5-9-3-4-10-5/h3-5H,1-2H3. The summed E-state index contributed by atoms with van der Waals surface area (Å²) in [5, 5.41) is 0. The molecule has 0 aromatic rings. The fraction of sp³-hybridized carbons (Fsp3) is 0.600. The lowest BCUT2D eigenvalue weighted by Crippen LogP contribution is -2.36. The number of rotatable bonds is 2. The number of hydrogen-bond donors (Lipinski definition) is 0. The van der Waals surface area contributed by atoms with Gasteiger partial charge in [0.15, 0.2) is 0 Å². The summed E-state index contributed by atoms with van der Waals surface area (Å²) in [5.41, 5.74) is 0. The van der Waals surface area contributed by atoms with Gasteiger partial charge in [-0.15, -0.1) is 4.31 Å². The smallest absolute Gasteiger partial charge is 0.316 e. The van der Waals surface area contributed by atoms with Crippen LogP contribution in [0.1, 0.15) is 0 Å². The van der Waals surface area contributed by atoms with E-state index in [-0.39, 0.29) is 0 Å². The Morgan fingerprint density at radius 2 is 1.82 bits per heavy atom. The van der Waals surface area contributed by atoms with E-state index in [0.717, 1.165) is 10.6 Å². The van der Waals surface area contributed by atoms with Crippen molar-refractivity contribution in [2.75, 3.05) is 13.3 Å². The zero-order valence-electron chi connectivity index (χ0n) is 6.22. The summed E-state index contributed by atoms with van der Waals surface area (Å²) in [6.45, 7) is 0. The van der Waals surface area contributed by atoms with Gasteiger partial charge in [0, 0.05) is 7.05 Å². The Balaban J connectivity index is 2.62. The SMILES string of the molecule is CN(C1OC=CO1)S(C)(=O)=O. The summed E-state index contributed by atoms with van der Waals surface area (Å²) in [6.07, 6.45) is 2.83. The molecule has 1 heterocycles. The molecule has 0 unspecified atom stereocenters. The molecule has 11 heavy (non-hydrogen) atoms. The van der Waals surface area contributed by atoms with Crippen molar-refractivity contribution in [2.45, 2.75) is 6.41 Å². The van der Waals surface area contributed by atoms with Crippen LogP contribution < -0.4 is 0 Å². The third kappa shape index (κ3) is 1.84. The molecule has 1 aliphatic rings. The number of nitrogens with zero attached hydrogens (tertiary/aromatic N) is 1. The van der Waals surface area contributed by atoms with Gasteiger partial charge in [0.1, 0.15) is 12.5 Å². The Hall–Kier alpha value is -0.750. The Labute approximate surface area is 65.3 Å². The van der Waals surface area contributed by atoms with Gasteiger partial charge in [-0.2, -0.15) is 0 Å². The second-order valence-corrected chi connectivity index (χ2v) is 4.17. The van der Waals surface area contributed by atoms with Gasteiger partial charge in [-0.25, -0.2) is 8.42 Å². The third-order valence-electron chi connectivity index (χ3n) is 1.27. The van der Waals surface area contributed by atoms with E-state index in [1.54, 1.807) is 0 Å². The molecule has 0 fully saturated rings. The molecular weight excluding hydrogens is 170 g/mol. The van der Waals surface area contributed by atoms with Gasteiger partial charge in [0.05, 0.1) is 6.26 Å². The molecule has 0 bridgehead atoms. The van der Waals surface area contributed by atoms with Crippen molar-refractivity contribution in [3.63, 3.8) is 0 Å². The fourth-order valence-electron chi connectivity index (χ4n) is 0.558. The summed E-state index contributed by atoms with van der Waals surface area (Å²) in [4.78, 5) is 0. The quantitative estimate of drug-likeness (QED) is 0.583. The van der Waals surface area contributed by atoms with Crippen molar-refractivity contribution in [2.24, 2.45) is 0 Å². The molecule has 0 saturated carbocycles. The van der Waals surface area contributed by atoms with Crippen LogP contribution in [0.3, 0.4) is 0 Å². The highest BCUT2D eigenvalue weighted by Crippen LogP contribution is 2.11. The van der Waals surface area contributed by atoms with Gasteiger partial charge in [-0.3, -0.25) is 0 Å². The van der Waals surface area contributed by atoms with Crippen LogP contribution in [0.4, 0.5) is 0 Å². The molecule has 0 aromatic carbocycles. The average molecular weight is 179 g/mol. The molecule has 6 heteroatoms. The Morgan fingerprint density at radius 1 is 1.36 bits per heavy atom. The maximum atomic E-state index is 10.9. The zero-order chi connectivity index (χ0) is 8.48. The first-order valence-corrected chi connectivity index (χ1v) is 4.75. The van der Waals surface area contributed by atoms with Gasteiger partial charge in [-0.1, -0.05) is 0 Å². The zero-order valence-corrected chi connectivity index (χ0v) is 7.04. The molecule has 1 aliphatic heterocycles. The third-order valence-corrected chi connectivity index (χ3v) is 2.48. The monoisotopic (exact) mass is 179 g/mol. The molecule has 0 amide bonds. The molecular formula is C5H9NO4S. The summed E-state index contributed by atoms with van der Waals surface area (Å²) in [6, 6.07) is 0. The van der Waals surface area contributed by atoms with E-state index in [1.807, 2.05) is 0 Å². The number of sulfonamides is 1. The second-order valence-electron chi connectivity index (χ2n) is 2.13. The summed E-state index contributed by atoms with van der Waals surface area (Å²) >= 11 is 0. The first-order chi connectivity index (χ1) is 5.02. The topological polar surface area (TPSA) is 55.8 Å². The van der Waals surface area contributed by atoms with Gasteiger partial charge < -0.3 is 9.47 Å². The first-order valence-electron chi connectivity index (χ1n) is 2.91. The van der Waals surface area contributed by atoms with E-state index in [1.165, 1.54) is 19.6 Å². The maximum Gasteiger partial charge on any atom is 0.316 e. The summed E-state index contributed by atoms with van der Waals surface area (Å²) in [5.74, 6) is 0. The Bertz CT molecular complexity index is 250. The number of ether oxygens (including phenoxy) is 2. The molecule has 0 atom stereocenters. The van der Waals surface area contributed by atoms with E-state index in [4.69, 9.17) is 9.47 Å². The molecule has 5 nitrogen and oxygen atoms in total. The number of hydrogen-bond acceptors (Lipinski definition) is 4. The van der Waals surface area contributed by atoms with Gasteiger partial charge >= 0.3 is 6.41 Å². The second kappa shape index (κ2) is 2.71. The molecule has 0 aliphatic carbocycles. The van der Waals surface area contributed by atoms with Gasteiger partial charge in [0.2, 0.25) is 10.0 Å². The van der Waals surface area contributed by atoms with Crippen molar-refractivity contribution in [1.29, 1.82) is 0 Å². The molecule has 0 aromatic heterocycles. The predicted molar refractivity (Wildman–Crippen MR) is 37.7 cm³/mol. The predicted octanol–water partition coefficient (Wildman–Crippen LogP) is -0.321. The van der Waals surface area contributed by atoms with Gasteiger partial charge in [0.25, 0.3) is 0 Å². The Kier molecular flexibility index (Phi) is 2.05. The van der Waals surface area contributed by atoms with Crippen LogP contribution in [0, 0.1) is 0 Å². The van der Waals surface area contributed by atoms with E-state index < -0.39 is 16.4 Å². The van der Waals surface area contributed by atoms with E-state index >= 15 is 0 Å². The van der Waals surface area contributed by atoms with E-state index in [2.05, 4.69) is 0 Å². The lowest BCUT2D eigenvalue weighted by atomic mass is 11.0. The van der Waals surface area contributed by atoms with Crippen LogP contribution in [0.15, 0.2) is 12.5 Å². The first kappa shape index (κ1) is 8.35. The van der Waals surface area contributed by atoms with E-state index in [9.17, 15) is 8.42 Å². The normalized spacial score (nSPS) is 18.5. The molecule has 1 rings (SSSR count). The molecule has 0 radical (unpaired) electrons. The van der Waals surface area contributed by atoms with Crippen molar-refractivity contribution in [3.8, 4) is 0 Å². The van der Waals surface area contributed by atoms with Crippen LogP contribution in [-0.4, -0.2) is 32.4 Å². The van der Waals surface area contributed by atoms with Crippen LogP contribution in [-0.2, 0) is 19.5 Å². The largest absolute Gasteiger partial charge is 0.446 e. The van der Waals surface area contributed by atoms with Crippen LogP contribution in [0.2, 0.25) is 0 Å². The average Bonchev–Trinajstić information content (AvgIpc) is 2.34. The van der Waals surface area contributed by atoms with Crippen LogP contribution >= 0.6 is 0 Å². The minimum absolute atomic E-state index is 0.843. The van der Waals surface area contributed by atoms with Crippen molar-refractivity contribution < 1.29 is 17.9 Å². The molecule has 0 saturated heterocycles. The molecule has 64 valence electrons. The minimum Gasteiger partial charge on any atom is -0.446 e. The summed E-state index contributed by atoms with van der Waals surface area (Å²) < 4.78 is 32.3. The van der Waals surface area contributed by atoms with Gasteiger partial charge in [-0.05, 0) is 0 Å². The lowest BCUT2D eigenvalue weighted by molar-refractivity contribution is -0.0912. The highest BCUT2D eigenvalue weighted by Gasteiger charge is 2.25. The maximum absolute atomic E-state index is 10.9. The lowest BCUT2D eigenvalue weighted by Gasteiger charge is -2.19. The van der Waals surface area contributed by atoms with Crippen molar-refractivity contribution in [1.82, 2.24) is 4.31 Å². The van der Waals surface area contributed by atoms with Crippen LogP contribution in [0.5, 0.6) is 0 Å². The Morgan fingerprint density at radius 3 is 2.18 bits per heavy atom.